The van der Waals surface area contributed by atoms with Gasteiger partial charge in [0.2, 0.25) is 5.91 Å². The van der Waals surface area contributed by atoms with E-state index < -0.39 is 6.04 Å². The highest BCUT2D eigenvalue weighted by Crippen LogP contribution is 2.30. The van der Waals surface area contributed by atoms with Crippen molar-refractivity contribution in [3.63, 3.8) is 0 Å². The van der Waals surface area contributed by atoms with Crippen LogP contribution in [0.4, 0.5) is 0 Å². The maximum atomic E-state index is 12.1. The Morgan fingerprint density at radius 2 is 1.89 bits per heavy atom. The predicted octanol–water partition coefficient (Wildman–Crippen LogP) is 3.54. The van der Waals surface area contributed by atoms with E-state index >= 15 is 0 Å². The van der Waals surface area contributed by atoms with Crippen LogP contribution in [-0.4, -0.2) is 11.9 Å². The minimum atomic E-state index is -0.576. The Morgan fingerprint density at radius 3 is 2.42 bits per heavy atom. The van der Waals surface area contributed by atoms with E-state index in [-0.39, 0.29) is 17.4 Å². The first-order valence-electron chi connectivity index (χ1n) is 6.14. The van der Waals surface area contributed by atoms with E-state index in [1.165, 1.54) is 0 Å². The molecular formula is C14H20Cl2N2O. The maximum Gasteiger partial charge on any atom is 0.237 e. The molecule has 1 rings (SSSR count). The van der Waals surface area contributed by atoms with Crippen LogP contribution in [0.25, 0.3) is 0 Å². The van der Waals surface area contributed by atoms with Crippen molar-refractivity contribution in [2.75, 3.05) is 0 Å². The van der Waals surface area contributed by atoms with Crippen LogP contribution in [0, 0.1) is 5.41 Å². The molecule has 0 aliphatic heterocycles. The number of hydrogen-bond donors (Lipinski definition) is 2. The number of nitrogens with two attached hydrogens (primary N) is 1. The van der Waals surface area contributed by atoms with Crippen LogP contribution in [0.1, 0.15) is 39.3 Å². The van der Waals surface area contributed by atoms with Crippen molar-refractivity contribution >= 4 is 29.1 Å². The second-order valence-electron chi connectivity index (χ2n) is 5.72. The number of carbonyl (C=O) groups excluding carboxylic acids is 1. The van der Waals surface area contributed by atoms with E-state index in [4.69, 9.17) is 28.9 Å². The van der Waals surface area contributed by atoms with Gasteiger partial charge in [-0.05, 0) is 24.0 Å². The van der Waals surface area contributed by atoms with Crippen molar-refractivity contribution in [1.82, 2.24) is 5.32 Å². The van der Waals surface area contributed by atoms with Crippen LogP contribution < -0.4 is 11.1 Å². The van der Waals surface area contributed by atoms with Gasteiger partial charge < -0.3 is 11.1 Å². The number of rotatable bonds is 3. The second-order valence-corrected chi connectivity index (χ2v) is 6.50. The van der Waals surface area contributed by atoms with E-state index in [9.17, 15) is 4.79 Å². The molecule has 3 nitrogen and oxygen atoms in total. The Balaban J connectivity index is 2.83. The van der Waals surface area contributed by atoms with Crippen molar-refractivity contribution < 1.29 is 4.79 Å². The predicted molar refractivity (Wildman–Crippen MR) is 80.5 cm³/mol. The molecule has 1 aromatic carbocycles. The second kappa shape index (κ2) is 6.12. The van der Waals surface area contributed by atoms with Gasteiger partial charge in [-0.1, -0.05) is 56.1 Å². The lowest BCUT2D eigenvalue weighted by atomic mass is 9.86. The SMILES string of the molecule is CC(NC(=O)[C@@H](N)C(C)(C)C)c1cccc(Cl)c1Cl. The monoisotopic (exact) mass is 302 g/mol. The summed E-state index contributed by atoms with van der Waals surface area (Å²) < 4.78 is 0. The summed E-state index contributed by atoms with van der Waals surface area (Å²) in [4.78, 5) is 12.1. The third-order valence-electron chi connectivity index (χ3n) is 3.02. The van der Waals surface area contributed by atoms with Gasteiger partial charge in [0.05, 0.1) is 22.1 Å². The van der Waals surface area contributed by atoms with E-state index in [1.54, 1.807) is 12.1 Å². The molecule has 0 fully saturated rings. The van der Waals surface area contributed by atoms with Gasteiger partial charge in [0, 0.05) is 0 Å². The molecule has 0 radical (unpaired) electrons. The van der Waals surface area contributed by atoms with E-state index in [0.29, 0.717) is 10.0 Å². The molecule has 106 valence electrons. The molecule has 0 aliphatic carbocycles. The summed E-state index contributed by atoms with van der Waals surface area (Å²) in [5.74, 6) is -0.198. The van der Waals surface area contributed by atoms with Gasteiger partial charge in [0.1, 0.15) is 0 Å². The van der Waals surface area contributed by atoms with Crippen molar-refractivity contribution in [3.8, 4) is 0 Å². The zero-order chi connectivity index (χ0) is 14.8. The fourth-order valence-electron chi connectivity index (χ4n) is 1.63. The summed E-state index contributed by atoms with van der Waals surface area (Å²) >= 11 is 12.1. The van der Waals surface area contributed by atoms with Crippen molar-refractivity contribution in [2.45, 2.75) is 39.8 Å². The van der Waals surface area contributed by atoms with Crippen LogP contribution >= 0.6 is 23.2 Å². The van der Waals surface area contributed by atoms with Crippen molar-refractivity contribution in [3.05, 3.63) is 33.8 Å². The number of nitrogens with one attached hydrogen (secondary N) is 1. The lowest BCUT2D eigenvalue weighted by molar-refractivity contribution is -0.125. The maximum absolute atomic E-state index is 12.1. The molecule has 19 heavy (non-hydrogen) atoms. The first kappa shape index (κ1) is 16.3. The molecule has 1 unspecified atom stereocenters. The van der Waals surface area contributed by atoms with Crippen molar-refractivity contribution in [1.29, 1.82) is 0 Å². The molecule has 2 atom stereocenters. The quantitative estimate of drug-likeness (QED) is 0.897. The lowest BCUT2D eigenvalue weighted by Gasteiger charge is -2.27. The van der Waals surface area contributed by atoms with E-state index in [1.807, 2.05) is 33.8 Å². The van der Waals surface area contributed by atoms with Gasteiger partial charge in [0.15, 0.2) is 0 Å². The highest BCUT2D eigenvalue weighted by molar-refractivity contribution is 6.42. The van der Waals surface area contributed by atoms with E-state index in [2.05, 4.69) is 5.32 Å². The summed E-state index contributed by atoms with van der Waals surface area (Å²) in [7, 11) is 0. The van der Waals surface area contributed by atoms with E-state index in [0.717, 1.165) is 5.56 Å². The van der Waals surface area contributed by atoms with Crippen molar-refractivity contribution in [2.24, 2.45) is 11.1 Å². The highest BCUT2D eigenvalue weighted by Gasteiger charge is 2.28. The summed E-state index contributed by atoms with van der Waals surface area (Å²) in [5, 5.41) is 3.80. The molecule has 0 saturated heterocycles. The summed E-state index contributed by atoms with van der Waals surface area (Å²) in [5.41, 5.74) is 6.41. The number of amides is 1. The Morgan fingerprint density at radius 1 is 1.32 bits per heavy atom. The molecule has 1 aromatic rings. The minimum Gasteiger partial charge on any atom is -0.348 e. The number of halogens is 2. The summed E-state index contributed by atoms with van der Waals surface area (Å²) in [6, 6.07) is 4.53. The molecule has 5 heteroatoms. The molecular weight excluding hydrogens is 283 g/mol. The fourth-order valence-corrected chi connectivity index (χ4v) is 2.10. The zero-order valence-electron chi connectivity index (χ0n) is 11.6. The van der Waals surface area contributed by atoms with Gasteiger partial charge >= 0.3 is 0 Å². The van der Waals surface area contributed by atoms with Crippen LogP contribution in [0.2, 0.25) is 10.0 Å². The molecule has 0 bridgehead atoms. The van der Waals surface area contributed by atoms with Crippen LogP contribution in [0.3, 0.4) is 0 Å². The van der Waals surface area contributed by atoms with Gasteiger partial charge in [0.25, 0.3) is 0 Å². The van der Waals surface area contributed by atoms with Crippen LogP contribution in [0.15, 0.2) is 18.2 Å². The summed E-state index contributed by atoms with van der Waals surface area (Å²) in [6.45, 7) is 7.63. The Bertz CT molecular complexity index is 469. The molecule has 0 heterocycles. The largest absolute Gasteiger partial charge is 0.348 e. The average molecular weight is 303 g/mol. The topological polar surface area (TPSA) is 55.1 Å². The zero-order valence-corrected chi connectivity index (χ0v) is 13.1. The molecule has 0 saturated carbocycles. The molecule has 0 aromatic heterocycles. The minimum absolute atomic E-state index is 0.198. The normalized spacial score (nSPS) is 14.9. The van der Waals surface area contributed by atoms with Gasteiger partial charge in [-0.3, -0.25) is 4.79 Å². The third kappa shape index (κ3) is 4.10. The smallest absolute Gasteiger partial charge is 0.237 e. The summed E-state index contributed by atoms with van der Waals surface area (Å²) in [6.07, 6.45) is 0. The Hall–Kier alpha value is -0.770. The molecule has 3 N–H and O–H groups in total. The highest BCUT2D eigenvalue weighted by atomic mass is 35.5. The van der Waals surface area contributed by atoms with Gasteiger partial charge in [-0.2, -0.15) is 0 Å². The molecule has 1 amide bonds. The number of hydrogen-bond acceptors (Lipinski definition) is 2. The Labute approximate surface area is 124 Å². The fraction of sp³-hybridized carbons (Fsp3) is 0.500. The third-order valence-corrected chi connectivity index (χ3v) is 3.86. The first-order chi connectivity index (χ1) is 8.64. The lowest BCUT2D eigenvalue weighted by Crippen LogP contribution is -2.49. The standard InChI is InChI=1S/C14H20Cl2N2O/c1-8(9-6-5-7-10(15)11(9)16)18-13(19)12(17)14(2,3)4/h5-8,12H,17H2,1-4H3,(H,18,19)/t8?,12-/m1/s1. The average Bonchev–Trinajstić information content (AvgIpc) is 2.30. The van der Waals surface area contributed by atoms with Crippen LogP contribution in [-0.2, 0) is 4.79 Å². The van der Waals surface area contributed by atoms with Gasteiger partial charge in [-0.15, -0.1) is 0 Å². The van der Waals surface area contributed by atoms with Crippen LogP contribution in [0.5, 0.6) is 0 Å². The molecule has 0 aliphatic rings. The molecule has 0 spiro atoms. The Kier molecular flexibility index (Phi) is 5.25. The first-order valence-corrected chi connectivity index (χ1v) is 6.90. The number of carbonyl (C=O) groups is 1. The van der Waals surface area contributed by atoms with Gasteiger partial charge in [-0.25, -0.2) is 0 Å². The number of benzene rings is 1.